The molecule has 0 aliphatic carbocycles. The maximum atomic E-state index is 12.2. The molecule has 0 aliphatic rings. The summed E-state index contributed by atoms with van der Waals surface area (Å²) in [6.07, 6.45) is 0. The zero-order valence-corrected chi connectivity index (χ0v) is 12.4. The first-order valence-electron chi connectivity index (χ1n) is 6.30. The number of likely N-dealkylation sites (N-methyl/N-ethyl adjacent to an activating group) is 2. The average Bonchev–Trinajstić information content (AvgIpc) is 2.31. The minimum Gasteiger partial charge on any atom is -0.348 e. The summed E-state index contributed by atoms with van der Waals surface area (Å²) >= 11 is 0. The molecule has 0 bridgehead atoms. The highest BCUT2D eigenvalue weighted by atomic mass is 16.2. The highest BCUT2D eigenvalue weighted by Gasteiger charge is 2.14. The molecule has 0 heterocycles. The Balaban J connectivity index is 2.69. The van der Waals surface area contributed by atoms with Crippen LogP contribution in [0.4, 0.5) is 0 Å². The largest absolute Gasteiger partial charge is 0.348 e. The predicted molar refractivity (Wildman–Crippen MR) is 76.4 cm³/mol. The van der Waals surface area contributed by atoms with Gasteiger partial charge in [0.15, 0.2) is 5.78 Å². The van der Waals surface area contributed by atoms with Gasteiger partial charge in [0.05, 0.1) is 13.1 Å². The van der Waals surface area contributed by atoms with Crippen molar-refractivity contribution >= 4 is 11.7 Å². The molecular formula is C15H22N2O2. The van der Waals surface area contributed by atoms with Crippen molar-refractivity contribution in [2.45, 2.75) is 13.8 Å². The van der Waals surface area contributed by atoms with Gasteiger partial charge in [-0.15, -0.1) is 0 Å². The lowest BCUT2D eigenvalue weighted by Gasteiger charge is -2.18. The third kappa shape index (κ3) is 4.48. The van der Waals surface area contributed by atoms with Gasteiger partial charge in [0, 0.05) is 19.7 Å². The van der Waals surface area contributed by atoms with Gasteiger partial charge in [0.1, 0.15) is 0 Å². The first kappa shape index (κ1) is 15.4. The minimum absolute atomic E-state index is 0.00346. The van der Waals surface area contributed by atoms with Gasteiger partial charge >= 0.3 is 0 Å². The van der Waals surface area contributed by atoms with Crippen LogP contribution in [0.5, 0.6) is 0 Å². The van der Waals surface area contributed by atoms with Crippen molar-refractivity contribution in [2.75, 3.05) is 34.2 Å². The number of amides is 1. The summed E-state index contributed by atoms with van der Waals surface area (Å²) in [5, 5.41) is 0. The van der Waals surface area contributed by atoms with Crippen molar-refractivity contribution in [3.05, 3.63) is 34.9 Å². The summed E-state index contributed by atoms with van der Waals surface area (Å²) < 4.78 is 0. The van der Waals surface area contributed by atoms with E-state index in [-0.39, 0.29) is 24.8 Å². The summed E-state index contributed by atoms with van der Waals surface area (Å²) in [7, 11) is 5.20. The van der Waals surface area contributed by atoms with Crippen LogP contribution >= 0.6 is 0 Å². The molecule has 0 N–H and O–H groups in total. The van der Waals surface area contributed by atoms with Gasteiger partial charge in [-0.05, 0) is 32.5 Å². The molecule has 1 aromatic rings. The molecule has 0 spiro atoms. The molecule has 0 fully saturated rings. The number of carbonyl (C=O) groups excluding carboxylic acids is 2. The molecule has 0 saturated heterocycles. The second-order valence-corrected chi connectivity index (χ2v) is 5.20. The molecule has 0 unspecified atom stereocenters. The summed E-state index contributed by atoms with van der Waals surface area (Å²) in [6.45, 7) is 4.40. The first-order chi connectivity index (χ1) is 8.81. The number of hydrogen-bond donors (Lipinski definition) is 0. The van der Waals surface area contributed by atoms with E-state index in [2.05, 4.69) is 0 Å². The second kappa shape index (κ2) is 6.48. The van der Waals surface area contributed by atoms with Crippen LogP contribution < -0.4 is 0 Å². The first-order valence-corrected chi connectivity index (χ1v) is 6.30. The zero-order valence-electron chi connectivity index (χ0n) is 12.4. The minimum atomic E-state index is -0.00346. The average molecular weight is 262 g/mol. The Morgan fingerprint density at radius 2 is 1.68 bits per heavy atom. The number of aryl methyl sites for hydroxylation is 2. The van der Waals surface area contributed by atoms with Crippen LogP contribution in [0.2, 0.25) is 0 Å². The fourth-order valence-corrected chi connectivity index (χ4v) is 1.79. The highest BCUT2D eigenvalue weighted by molar-refractivity contribution is 5.99. The van der Waals surface area contributed by atoms with E-state index in [0.29, 0.717) is 0 Å². The molecule has 1 amide bonds. The van der Waals surface area contributed by atoms with Crippen molar-refractivity contribution < 1.29 is 9.59 Å². The maximum Gasteiger partial charge on any atom is 0.236 e. The highest BCUT2D eigenvalue weighted by Crippen LogP contribution is 2.11. The summed E-state index contributed by atoms with van der Waals surface area (Å²) in [6, 6.07) is 5.85. The Labute approximate surface area is 115 Å². The number of carbonyl (C=O) groups is 2. The predicted octanol–water partition coefficient (Wildman–Crippen LogP) is 1.51. The van der Waals surface area contributed by atoms with E-state index in [1.165, 1.54) is 4.90 Å². The number of nitrogens with zero attached hydrogens (tertiary/aromatic N) is 2. The third-order valence-electron chi connectivity index (χ3n) is 3.01. The van der Waals surface area contributed by atoms with E-state index >= 15 is 0 Å². The number of hydrogen-bond acceptors (Lipinski definition) is 3. The van der Waals surface area contributed by atoms with Crippen LogP contribution in [0.1, 0.15) is 21.5 Å². The van der Waals surface area contributed by atoms with Gasteiger partial charge in [-0.25, -0.2) is 0 Å². The molecule has 0 saturated carbocycles. The summed E-state index contributed by atoms with van der Waals surface area (Å²) in [5.74, 6) is 0.0477. The molecule has 1 aromatic carbocycles. The van der Waals surface area contributed by atoms with Crippen molar-refractivity contribution in [1.82, 2.24) is 9.80 Å². The fraction of sp³-hybridized carbons (Fsp3) is 0.467. The Morgan fingerprint density at radius 1 is 1.05 bits per heavy atom. The standard InChI is InChI=1S/C15H22N2O2/c1-11-6-7-12(2)13(8-11)14(18)9-17(5)10-15(19)16(3)4/h6-8H,9-10H2,1-5H3. The van der Waals surface area contributed by atoms with Crippen LogP contribution in [-0.2, 0) is 4.79 Å². The quantitative estimate of drug-likeness (QED) is 0.755. The number of ketones is 1. The van der Waals surface area contributed by atoms with Gasteiger partial charge in [-0.2, -0.15) is 0 Å². The summed E-state index contributed by atoms with van der Waals surface area (Å²) in [4.78, 5) is 27.0. The zero-order chi connectivity index (χ0) is 14.6. The Bertz CT molecular complexity index is 481. The van der Waals surface area contributed by atoms with E-state index in [1.807, 2.05) is 32.0 Å². The van der Waals surface area contributed by atoms with Crippen LogP contribution in [0.25, 0.3) is 0 Å². The lowest BCUT2D eigenvalue weighted by atomic mass is 10.0. The van der Waals surface area contributed by atoms with Gasteiger partial charge in [0.2, 0.25) is 5.91 Å². The lowest BCUT2D eigenvalue weighted by molar-refractivity contribution is -0.129. The van der Waals surface area contributed by atoms with Crippen molar-refractivity contribution in [3.8, 4) is 0 Å². The fourth-order valence-electron chi connectivity index (χ4n) is 1.79. The van der Waals surface area contributed by atoms with Crippen LogP contribution in [0.15, 0.2) is 18.2 Å². The molecule has 19 heavy (non-hydrogen) atoms. The van der Waals surface area contributed by atoms with Crippen LogP contribution in [0.3, 0.4) is 0 Å². The Kier molecular flexibility index (Phi) is 5.24. The monoisotopic (exact) mass is 262 g/mol. The van der Waals surface area contributed by atoms with Crippen LogP contribution in [0, 0.1) is 13.8 Å². The Morgan fingerprint density at radius 3 is 2.26 bits per heavy atom. The van der Waals surface area contributed by atoms with E-state index in [9.17, 15) is 9.59 Å². The van der Waals surface area contributed by atoms with Crippen molar-refractivity contribution in [2.24, 2.45) is 0 Å². The van der Waals surface area contributed by atoms with E-state index in [1.54, 1.807) is 26.0 Å². The maximum absolute atomic E-state index is 12.2. The molecule has 0 aliphatic heterocycles. The van der Waals surface area contributed by atoms with Crippen molar-refractivity contribution in [1.29, 1.82) is 0 Å². The van der Waals surface area contributed by atoms with E-state index in [0.717, 1.165) is 16.7 Å². The normalized spacial score (nSPS) is 10.6. The van der Waals surface area contributed by atoms with Gasteiger partial charge in [0.25, 0.3) is 0 Å². The molecule has 0 atom stereocenters. The van der Waals surface area contributed by atoms with Gasteiger partial charge in [-0.3, -0.25) is 14.5 Å². The molecule has 1 rings (SSSR count). The van der Waals surface area contributed by atoms with Gasteiger partial charge in [-0.1, -0.05) is 17.7 Å². The summed E-state index contributed by atoms with van der Waals surface area (Å²) in [5.41, 5.74) is 2.79. The van der Waals surface area contributed by atoms with Gasteiger partial charge < -0.3 is 4.90 Å². The topological polar surface area (TPSA) is 40.6 Å². The molecule has 0 radical (unpaired) electrons. The molecule has 104 valence electrons. The molecule has 4 nitrogen and oxygen atoms in total. The molecular weight excluding hydrogens is 240 g/mol. The second-order valence-electron chi connectivity index (χ2n) is 5.20. The Hall–Kier alpha value is -1.68. The SMILES string of the molecule is Cc1ccc(C)c(C(=O)CN(C)CC(=O)N(C)C)c1. The molecule has 4 heteroatoms. The smallest absolute Gasteiger partial charge is 0.236 e. The lowest BCUT2D eigenvalue weighted by Crippen LogP contribution is -2.37. The number of benzene rings is 1. The number of rotatable bonds is 5. The number of Topliss-reactive ketones (excluding diaryl/α,β-unsaturated/α-hetero) is 1. The van der Waals surface area contributed by atoms with Crippen LogP contribution in [-0.4, -0.2) is 55.7 Å². The van der Waals surface area contributed by atoms with E-state index in [4.69, 9.17) is 0 Å². The molecule has 0 aromatic heterocycles. The van der Waals surface area contributed by atoms with Crippen molar-refractivity contribution in [3.63, 3.8) is 0 Å². The van der Waals surface area contributed by atoms with E-state index < -0.39 is 0 Å². The third-order valence-corrected chi connectivity index (χ3v) is 3.01.